The third-order valence-corrected chi connectivity index (χ3v) is 3.29. The van der Waals surface area contributed by atoms with Crippen molar-refractivity contribution in [2.45, 2.75) is 32.2 Å². The van der Waals surface area contributed by atoms with Crippen molar-refractivity contribution in [3.63, 3.8) is 0 Å². The normalized spacial score (nSPS) is 20.5. The molecule has 17 heavy (non-hydrogen) atoms. The van der Waals surface area contributed by atoms with Gasteiger partial charge in [-0.1, -0.05) is 0 Å². The molecule has 90 valence electrons. The van der Waals surface area contributed by atoms with Crippen molar-refractivity contribution in [1.82, 2.24) is 14.5 Å². The van der Waals surface area contributed by atoms with Gasteiger partial charge in [0, 0.05) is 24.8 Å². The van der Waals surface area contributed by atoms with E-state index in [1.54, 1.807) is 0 Å². The van der Waals surface area contributed by atoms with E-state index in [9.17, 15) is 0 Å². The van der Waals surface area contributed by atoms with Gasteiger partial charge in [-0.15, -0.1) is 0 Å². The lowest BCUT2D eigenvalue weighted by molar-refractivity contribution is 0.192. The summed E-state index contributed by atoms with van der Waals surface area (Å²) in [5, 5.41) is 0. The van der Waals surface area contributed by atoms with Crippen LogP contribution in [0.4, 0.5) is 0 Å². The van der Waals surface area contributed by atoms with Crippen molar-refractivity contribution < 1.29 is 4.74 Å². The fourth-order valence-corrected chi connectivity index (χ4v) is 2.48. The highest BCUT2D eigenvalue weighted by atomic mass is 16.5. The van der Waals surface area contributed by atoms with E-state index in [4.69, 9.17) is 9.72 Å². The zero-order valence-electron chi connectivity index (χ0n) is 10.3. The van der Waals surface area contributed by atoms with Crippen LogP contribution >= 0.6 is 0 Å². The van der Waals surface area contributed by atoms with Crippen LogP contribution in [0.5, 0.6) is 0 Å². The number of hydrogen-bond acceptors (Lipinski definition) is 3. The van der Waals surface area contributed by atoms with E-state index in [0.717, 1.165) is 36.6 Å². The van der Waals surface area contributed by atoms with Crippen LogP contribution in [0.2, 0.25) is 0 Å². The molecule has 0 amide bonds. The maximum atomic E-state index is 5.47. The number of imidazole rings is 1. The molecule has 0 aliphatic carbocycles. The molecule has 2 aromatic heterocycles. The third kappa shape index (κ3) is 1.72. The van der Waals surface area contributed by atoms with Gasteiger partial charge in [0.2, 0.25) is 0 Å². The van der Waals surface area contributed by atoms with Gasteiger partial charge in [0.25, 0.3) is 0 Å². The van der Waals surface area contributed by atoms with Crippen LogP contribution in [0.1, 0.15) is 38.1 Å². The molecule has 4 heteroatoms. The average Bonchev–Trinajstić information content (AvgIpc) is 2.95. The van der Waals surface area contributed by atoms with Crippen LogP contribution in [0.15, 0.2) is 18.3 Å². The second kappa shape index (κ2) is 4.11. The fraction of sp³-hybridized carbons (Fsp3) is 0.538. The highest BCUT2D eigenvalue weighted by molar-refractivity contribution is 5.71. The van der Waals surface area contributed by atoms with E-state index in [0.29, 0.717) is 12.0 Å². The van der Waals surface area contributed by atoms with Crippen molar-refractivity contribution in [3.05, 3.63) is 24.2 Å². The summed E-state index contributed by atoms with van der Waals surface area (Å²) in [6.45, 7) is 5.99. The fourth-order valence-electron chi connectivity index (χ4n) is 2.48. The van der Waals surface area contributed by atoms with Gasteiger partial charge in [0.05, 0.1) is 6.61 Å². The third-order valence-electron chi connectivity index (χ3n) is 3.29. The summed E-state index contributed by atoms with van der Waals surface area (Å²) in [6.07, 6.45) is 2.90. The van der Waals surface area contributed by atoms with Crippen LogP contribution in [0, 0.1) is 0 Å². The Morgan fingerprint density at radius 3 is 3.06 bits per heavy atom. The minimum absolute atomic E-state index is 0.380. The number of fused-ring (bicyclic) bond motifs is 1. The minimum Gasteiger partial charge on any atom is -0.381 e. The molecule has 1 saturated heterocycles. The topological polar surface area (TPSA) is 39.9 Å². The second-order valence-electron chi connectivity index (χ2n) is 4.84. The first-order valence-corrected chi connectivity index (χ1v) is 6.18. The van der Waals surface area contributed by atoms with Crippen molar-refractivity contribution in [1.29, 1.82) is 0 Å². The van der Waals surface area contributed by atoms with Gasteiger partial charge in [-0.2, -0.15) is 0 Å². The number of pyridine rings is 1. The molecule has 1 unspecified atom stereocenters. The van der Waals surface area contributed by atoms with E-state index >= 15 is 0 Å². The number of ether oxygens (including phenoxy) is 1. The Morgan fingerprint density at radius 2 is 2.35 bits per heavy atom. The summed E-state index contributed by atoms with van der Waals surface area (Å²) in [4.78, 5) is 9.19. The maximum Gasteiger partial charge on any atom is 0.160 e. The van der Waals surface area contributed by atoms with Crippen LogP contribution in [0.25, 0.3) is 11.2 Å². The van der Waals surface area contributed by atoms with Gasteiger partial charge in [0.15, 0.2) is 5.65 Å². The molecule has 0 N–H and O–H groups in total. The molecule has 0 spiro atoms. The van der Waals surface area contributed by atoms with Gasteiger partial charge in [-0.05, 0) is 32.4 Å². The van der Waals surface area contributed by atoms with E-state index < -0.39 is 0 Å². The first kappa shape index (κ1) is 10.7. The number of nitrogens with zero attached hydrogens (tertiary/aromatic N) is 3. The van der Waals surface area contributed by atoms with Crippen LogP contribution in [0.3, 0.4) is 0 Å². The minimum atomic E-state index is 0.380. The summed E-state index contributed by atoms with van der Waals surface area (Å²) in [6, 6.07) is 4.35. The Kier molecular flexibility index (Phi) is 2.59. The van der Waals surface area contributed by atoms with E-state index in [1.807, 2.05) is 18.3 Å². The molecule has 1 fully saturated rings. The number of aromatic nitrogens is 3. The number of hydrogen-bond donors (Lipinski definition) is 0. The molecule has 3 heterocycles. The van der Waals surface area contributed by atoms with Crippen molar-refractivity contribution in [3.8, 4) is 0 Å². The van der Waals surface area contributed by atoms with Gasteiger partial charge >= 0.3 is 0 Å². The quantitative estimate of drug-likeness (QED) is 0.797. The smallest absolute Gasteiger partial charge is 0.160 e. The summed E-state index contributed by atoms with van der Waals surface area (Å²) < 4.78 is 7.71. The molecular formula is C13H17N3O. The monoisotopic (exact) mass is 231 g/mol. The number of rotatable bonds is 2. The molecule has 2 aromatic rings. The van der Waals surface area contributed by atoms with Gasteiger partial charge in [-0.3, -0.25) is 0 Å². The molecule has 1 aliphatic heterocycles. The molecule has 0 aromatic carbocycles. The Morgan fingerprint density at radius 1 is 1.47 bits per heavy atom. The van der Waals surface area contributed by atoms with Crippen molar-refractivity contribution in [2.24, 2.45) is 0 Å². The molecule has 3 rings (SSSR count). The summed E-state index contributed by atoms with van der Waals surface area (Å²) in [7, 11) is 0. The predicted octanol–water partition coefficient (Wildman–Crippen LogP) is 2.52. The average molecular weight is 231 g/mol. The highest BCUT2D eigenvalue weighted by Gasteiger charge is 2.25. The molecular weight excluding hydrogens is 214 g/mol. The molecule has 0 bridgehead atoms. The zero-order chi connectivity index (χ0) is 11.8. The Hall–Kier alpha value is -1.42. The predicted molar refractivity (Wildman–Crippen MR) is 66.1 cm³/mol. The van der Waals surface area contributed by atoms with Crippen LogP contribution < -0.4 is 0 Å². The lowest BCUT2D eigenvalue weighted by Crippen LogP contribution is -2.11. The lowest BCUT2D eigenvalue weighted by Gasteiger charge is -2.15. The van der Waals surface area contributed by atoms with Crippen LogP contribution in [-0.2, 0) is 4.74 Å². The molecule has 4 nitrogen and oxygen atoms in total. The van der Waals surface area contributed by atoms with E-state index in [2.05, 4.69) is 23.4 Å². The van der Waals surface area contributed by atoms with Gasteiger partial charge in [0.1, 0.15) is 11.3 Å². The summed E-state index contributed by atoms with van der Waals surface area (Å²) in [5.74, 6) is 1.55. The van der Waals surface area contributed by atoms with Gasteiger partial charge in [-0.25, -0.2) is 9.97 Å². The van der Waals surface area contributed by atoms with Crippen molar-refractivity contribution in [2.75, 3.05) is 13.2 Å². The summed E-state index contributed by atoms with van der Waals surface area (Å²) in [5.41, 5.74) is 1.98. The molecule has 0 saturated carbocycles. The van der Waals surface area contributed by atoms with E-state index in [1.165, 1.54) is 0 Å². The Labute approximate surface area is 101 Å². The largest absolute Gasteiger partial charge is 0.381 e. The zero-order valence-corrected chi connectivity index (χ0v) is 10.3. The second-order valence-corrected chi connectivity index (χ2v) is 4.84. The van der Waals surface area contributed by atoms with E-state index in [-0.39, 0.29) is 0 Å². The highest BCUT2D eigenvalue weighted by Crippen LogP contribution is 2.29. The Bertz CT molecular complexity index is 526. The first-order valence-electron chi connectivity index (χ1n) is 6.18. The Balaban J connectivity index is 2.18. The molecule has 0 radical (unpaired) electrons. The summed E-state index contributed by atoms with van der Waals surface area (Å²) >= 11 is 0. The maximum absolute atomic E-state index is 5.47. The standard InChI is InChI=1S/C13H17N3O/c1-9(2)16-12(10-5-7-17-8-10)15-11-4-3-6-14-13(11)16/h3-4,6,9-10H,5,7-8H2,1-2H3. The molecule has 1 aliphatic rings. The first-order chi connectivity index (χ1) is 8.27. The van der Waals surface area contributed by atoms with Crippen LogP contribution in [-0.4, -0.2) is 27.7 Å². The lowest BCUT2D eigenvalue weighted by atomic mass is 10.1. The van der Waals surface area contributed by atoms with Gasteiger partial charge < -0.3 is 9.30 Å². The van der Waals surface area contributed by atoms with Crippen molar-refractivity contribution >= 4 is 11.2 Å². The molecule has 1 atom stereocenters. The SMILES string of the molecule is CC(C)n1c(C2CCOC2)nc2cccnc21.